The third-order valence-electron chi connectivity index (χ3n) is 4.18. The van der Waals surface area contributed by atoms with Gasteiger partial charge in [0.1, 0.15) is 0 Å². The van der Waals surface area contributed by atoms with E-state index in [9.17, 15) is 18.0 Å². The minimum atomic E-state index is -3.56. The van der Waals surface area contributed by atoms with E-state index in [2.05, 4.69) is 32.4 Å². The summed E-state index contributed by atoms with van der Waals surface area (Å²) in [5, 5.41) is 5.40. The molecule has 0 bridgehead atoms. The molecule has 30 heavy (non-hydrogen) atoms. The molecule has 162 valence electrons. The van der Waals surface area contributed by atoms with E-state index in [1.807, 2.05) is 25.2 Å². The number of anilines is 2. The van der Waals surface area contributed by atoms with Gasteiger partial charge >= 0.3 is 0 Å². The molecule has 0 aliphatic heterocycles. The standard InChI is InChI=1S/C21H28N4O4S/c1-16(26)23-18-10-11-20(24-30(3,28)29)19(14-18)21(27)22-12-7-13-25(2)15-17-8-5-4-6-9-17/h4-6,8-11,14,24H,7,12-13,15H2,1-3H3,(H,22,27)(H,23,26). The predicted molar refractivity (Wildman–Crippen MR) is 119 cm³/mol. The normalized spacial score (nSPS) is 11.2. The molecule has 2 amide bonds. The average molecular weight is 433 g/mol. The summed E-state index contributed by atoms with van der Waals surface area (Å²) in [5.74, 6) is -0.703. The van der Waals surface area contributed by atoms with Gasteiger partial charge in [0.15, 0.2) is 0 Å². The van der Waals surface area contributed by atoms with Gasteiger partial charge in [-0.15, -0.1) is 0 Å². The first kappa shape index (κ1) is 23.4. The first-order chi connectivity index (χ1) is 14.1. The number of sulfonamides is 1. The van der Waals surface area contributed by atoms with E-state index in [0.717, 1.165) is 25.8 Å². The quantitative estimate of drug-likeness (QED) is 0.499. The molecule has 3 N–H and O–H groups in total. The summed E-state index contributed by atoms with van der Waals surface area (Å²) in [5.41, 5.74) is 1.93. The minimum Gasteiger partial charge on any atom is -0.352 e. The van der Waals surface area contributed by atoms with Crippen LogP contribution in [0.4, 0.5) is 11.4 Å². The molecular weight excluding hydrogens is 404 g/mol. The van der Waals surface area contributed by atoms with E-state index in [0.29, 0.717) is 12.2 Å². The van der Waals surface area contributed by atoms with Crippen LogP contribution in [0.5, 0.6) is 0 Å². The lowest BCUT2D eigenvalue weighted by Gasteiger charge is -2.17. The first-order valence-electron chi connectivity index (χ1n) is 9.54. The molecule has 9 heteroatoms. The molecule has 0 unspecified atom stereocenters. The lowest BCUT2D eigenvalue weighted by Crippen LogP contribution is -2.29. The van der Waals surface area contributed by atoms with Gasteiger partial charge in [-0.2, -0.15) is 0 Å². The van der Waals surface area contributed by atoms with Crippen LogP contribution < -0.4 is 15.4 Å². The molecule has 0 spiro atoms. The minimum absolute atomic E-state index is 0.143. The summed E-state index contributed by atoms with van der Waals surface area (Å²) in [6.45, 7) is 3.39. The van der Waals surface area contributed by atoms with Crippen LogP contribution in [0.25, 0.3) is 0 Å². The van der Waals surface area contributed by atoms with Crippen molar-refractivity contribution in [3.63, 3.8) is 0 Å². The number of benzene rings is 2. The Morgan fingerprint density at radius 2 is 1.77 bits per heavy atom. The van der Waals surface area contributed by atoms with E-state index < -0.39 is 15.9 Å². The van der Waals surface area contributed by atoms with Crippen molar-refractivity contribution in [3.05, 3.63) is 59.7 Å². The summed E-state index contributed by atoms with van der Waals surface area (Å²) in [6, 6.07) is 14.5. The molecular formula is C21H28N4O4S. The van der Waals surface area contributed by atoms with Gasteiger partial charge in [0.25, 0.3) is 5.91 Å². The summed E-state index contributed by atoms with van der Waals surface area (Å²) >= 11 is 0. The summed E-state index contributed by atoms with van der Waals surface area (Å²) in [6.07, 6.45) is 1.74. The molecule has 0 radical (unpaired) electrons. The topological polar surface area (TPSA) is 108 Å². The van der Waals surface area contributed by atoms with Crippen molar-refractivity contribution in [2.75, 3.05) is 36.4 Å². The number of carbonyl (C=O) groups is 2. The maximum absolute atomic E-state index is 12.7. The van der Waals surface area contributed by atoms with Crippen molar-refractivity contribution in [1.82, 2.24) is 10.2 Å². The van der Waals surface area contributed by atoms with E-state index in [1.54, 1.807) is 0 Å². The van der Waals surface area contributed by atoms with Crippen molar-refractivity contribution in [2.45, 2.75) is 19.9 Å². The van der Waals surface area contributed by atoms with Crippen LogP contribution in [0.1, 0.15) is 29.3 Å². The third kappa shape index (κ3) is 8.22. The molecule has 2 aromatic rings. The van der Waals surface area contributed by atoms with E-state index in [-0.39, 0.29) is 17.2 Å². The summed E-state index contributed by atoms with van der Waals surface area (Å²) in [7, 11) is -1.55. The number of carbonyl (C=O) groups excluding carboxylic acids is 2. The zero-order valence-electron chi connectivity index (χ0n) is 17.4. The van der Waals surface area contributed by atoms with Crippen LogP contribution >= 0.6 is 0 Å². The van der Waals surface area contributed by atoms with E-state index >= 15 is 0 Å². The molecule has 2 aromatic carbocycles. The Bertz CT molecular complexity index is 978. The van der Waals surface area contributed by atoms with Gasteiger partial charge < -0.3 is 15.5 Å². The third-order valence-corrected chi connectivity index (χ3v) is 4.77. The van der Waals surface area contributed by atoms with Crippen LogP contribution in [-0.4, -0.2) is 51.5 Å². The van der Waals surface area contributed by atoms with E-state index in [4.69, 9.17) is 0 Å². The Balaban J connectivity index is 1.96. The zero-order valence-corrected chi connectivity index (χ0v) is 18.3. The number of nitrogens with zero attached hydrogens (tertiary/aromatic N) is 1. The molecule has 0 saturated heterocycles. The molecule has 0 aliphatic rings. The second kappa shape index (κ2) is 10.7. The number of hydrogen-bond acceptors (Lipinski definition) is 5. The second-order valence-corrected chi connectivity index (χ2v) is 8.90. The van der Waals surface area contributed by atoms with Gasteiger partial charge in [-0.1, -0.05) is 30.3 Å². The number of hydrogen-bond donors (Lipinski definition) is 3. The van der Waals surface area contributed by atoms with Gasteiger partial charge in [0, 0.05) is 25.7 Å². The first-order valence-corrected chi connectivity index (χ1v) is 11.4. The van der Waals surface area contributed by atoms with Gasteiger partial charge in [0.05, 0.1) is 17.5 Å². The second-order valence-electron chi connectivity index (χ2n) is 7.15. The average Bonchev–Trinajstić information content (AvgIpc) is 2.65. The molecule has 0 saturated carbocycles. The highest BCUT2D eigenvalue weighted by molar-refractivity contribution is 7.92. The molecule has 0 fully saturated rings. The predicted octanol–water partition coefficient (Wildman–Crippen LogP) is 2.27. The largest absolute Gasteiger partial charge is 0.352 e. The SMILES string of the molecule is CC(=O)Nc1ccc(NS(C)(=O)=O)c(C(=O)NCCCN(C)Cc2ccccc2)c1. The molecule has 0 aliphatic carbocycles. The summed E-state index contributed by atoms with van der Waals surface area (Å²) < 4.78 is 25.5. The van der Waals surface area contributed by atoms with Crippen molar-refractivity contribution >= 4 is 33.2 Å². The molecule has 2 rings (SSSR count). The maximum Gasteiger partial charge on any atom is 0.253 e. The molecule has 0 atom stereocenters. The fourth-order valence-corrected chi connectivity index (χ4v) is 3.50. The summed E-state index contributed by atoms with van der Waals surface area (Å²) in [4.78, 5) is 26.1. The Hall–Kier alpha value is -2.91. The van der Waals surface area contributed by atoms with Crippen LogP contribution in [0.3, 0.4) is 0 Å². The molecule has 0 aromatic heterocycles. The van der Waals surface area contributed by atoms with E-state index in [1.165, 1.54) is 30.7 Å². The van der Waals surface area contributed by atoms with Crippen molar-refractivity contribution < 1.29 is 18.0 Å². The lowest BCUT2D eigenvalue weighted by atomic mass is 10.1. The van der Waals surface area contributed by atoms with Crippen LogP contribution in [0, 0.1) is 0 Å². The number of nitrogens with one attached hydrogen (secondary N) is 3. The number of rotatable bonds is 10. The van der Waals surface area contributed by atoms with Crippen molar-refractivity contribution in [2.24, 2.45) is 0 Å². The monoisotopic (exact) mass is 432 g/mol. The fourth-order valence-electron chi connectivity index (χ4n) is 2.92. The zero-order chi connectivity index (χ0) is 22.1. The Labute approximate surface area is 177 Å². The highest BCUT2D eigenvalue weighted by Gasteiger charge is 2.15. The number of amides is 2. The van der Waals surface area contributed by atoms with Gasteiger partial charge in [-0.3, -0.25) is 14.3 Å². The van der Waals surface area contributed by atoms with Crippen LogP contribution in [0.15, 0.2) is 48.5 Å². The van der Waals surface area contributed by atoms with Crippen molar-refractivity contribution in [1.29, 1.82) is 0 Å². The Morgan fingerprint density at radius 3 is 2.40 bits per heavy atom. The molecule has 8 nitrogen and oxygen atoms in total. The van der Waals surface area contributed by atoms with Crippen LogP contribution in [0.2, 0.25) is 0 Å². The van der Waals surface area contributed by atoms with Gasteiger partial charge in [-0.25, -0.2) is 8.42 Å². The van der Waals surface area contributed by atoms with Gasteiger partial charge in [-0.05, 0) is 43.8 Å². The Morgan fingerprint density at radius 1 is 1.07 bits per heavy atom. The van der Waals surface area contributed by atoms with Crippen LogP contribution in [-0.2, 0) is 21.4 Å². The van der Waals surface area contributed by atoms with Crippen molar-refractivity contribution in [3.8, 4) is 0 Å². The molecule has 0 heterocycles. The highest BCUT2D eigenvalue weighted by Crippen LogP contribution is 2.22. The highest BCUT2D eigenvalue weighted by atomic mass is 32.2. The maximum atomic E-state index is 12.7. The smallest absolute Gasteiger partial charge is 0.253 e. The Kier molecular flexibility index (Phi) is 8.37. The fraction of sp³-hybridized carbons (Fsp3) is 0.333. The van der Waals surface area contributed by atoms with Gasteiger partial charge in [0.2, 0.25) is 15.9 Å². The lowest BCUT2D eigenvalue weighted by molar-refractivity contribution is -0.114.